The highest BCUT2D eigenvalue weighted by Gasteiger charge is 2.67. The maximum atomic E-state index is 13.2. The summed E-state index contributed by atoms with van der Waals surface area (Å²) in [4.78, 5) is 26.5. The first-order valence-electron chi connectivity index (χ1n) is 9.74. The maximum absolute atomic E-state index is 13.2. The Bertz CT molecular complexity index is 965. The molecule has 25 heavy (non-hydrogen) atoms. The van der Waals surface area contributed by atoms with E-state index in [9.17, 15) is 9.59 Å². The van der Waals surface area contributed by atoms with E-state index in [1.807, 2.05) is 39.7 Å². The van der Waals surface area contributed by atoms with Crippen molar-refractivity contribution >= 4 is 0 Å². The van der Waals surface area contributed by atoms with Gasteiger partial charge >= 0.3 is 11.4 Å². The molecule has 5 nitrogen and oxygen atoms in total. The van der Waals surface area contributed by atoms with Crippen molar-refractivity contribution < 1.29 is 0 Å². The SMILES string of the molecule is O=c1n(-c2ccccc2)c(=O)n2n1[C@@H]1CC[C@H]2[C@@]23CCCC[C@H](C2)[C@H]13. The van der Waals surface area contributed by atoms with Gasteiger partial charge in [0.2, 0.25) is 0 Å². The van der Waals surface area contributed by atoms with Crippen molar-refractivity contribution in [3.63, 3.8) is 0 Å². The lowest BCUT2D eigenvalue weighted by Crippen LogP contribution is -2.64. The zero-order valence-corrected chi connectivity index (χ0v) is 14.3. The number of benzene rings is 1. The number of nitrogens with zero attached hydrogens (tertiary/aromatic N) is 3. The second-order valence-corrected chi connectivity index (χ2v) is 8.55. The smallest absolute Gasteiger partial charge is 0.245 e. The fraction of sp³-hybridized carbons (Fsp3) is 0.600. The van der Waals surface area contributed by atoms with Gasteiger partial charge in [0.15, 0.2) is 0 Å². The third-order valence-corrected chi connectivity index (χ3v) is 7.73. The van der Waals surface area contributed by atoms with Crippen molar-refractivity contribution in [3.05, 3.63) is 51.3 Å². The molecule has 0 saturated heterocycles. The van der Waals surface area contributed by atoms with E-state index in [1.54, 1.807) is 0 Å². The van der Waals surface area contributed by atoms with Gasteiger partial charge in [-0.25, -0.2) is 23.5 Å². The summed E-state index contributed by atoms with van der Waals surface area (Å²) in [5, 5.41) is 0. The Kier molecular flexibility index (Phi) is 2.59. The van der Waals surface area contributed by atoms with Crippen LogP contribution in [-0.2, 0) is 0 Å². The molecule has 0 unspecified atom stereocenters. The number of fused-ring (bicyclic) bond motifs is 2. The van der Waals surface area contributed by atoms with Crippen LogP contribution in [0.2, 0.25) is 0 Å². The lowest BCUT2D eigenvalue weighted by atomic mass is 9.44. The molecule has 7 rings (SSSR count). The van der Waals surface area contributed by atoms with Crippen LogP contribution in [0, 0.1) is 17.3 Å². The van der Waals surface area contributed by atoms with Gasteiger partial charge in [-0.2, -0.15) is 0 Å². The van der Waals surface area contributed by atoms with Gasteiger partial charge in [0, 0.05) is 0 Å². The van der Waals surface area contributed by atoms with Gasteiger partial charge in [-0.1, -0.05) is 37.5 Å². The largest absolute Gasteiger partial charge is 0.352 e. The Morgan fingerprint density at radius 2 is 1.72 bits per heavy atom. The van der Waals surface area contributed by atoms with E-state index in [2.05, 4.69) is 0 Å². The molecule has 3 aliphatic carbocycles. The lowest BCUT2D eigenvalue weighted by Gasteiger charge is -2.66. The van der Waals surface area contributed by atoms with E-state index in [1.165, 1.54) is 36.7 Å². The minimum atomic E-state index is -0.135. The van der Waals surface area contributed by atoms with Gasteiger partial charge in [-0.15, -0.1) is 0 Å². The van der Waals surface area contributed by atoms with Crippen molar-refractivity contribution in [1.29, 1.82) is 0 Å². The molecule has 130 valence electrons. The first-order valence-corrected chi connectivity index (χ1v) is 9.74. The molecule has 5 aliphatic rings. The molecule has 0 amide bonds. The molecular weight excluding hydrogens is 314 g/mol. The summed E-state index contributed by atoms with van der Waals surface area (Å²) >= 11 is 0. The fourth-order valence-electron chi connectivity index (χ4n) is 6.98. The molecule has 5 atom stereocenters. The van der Waals surface area contributed by atoms with Gasteiger partial charge in [0.1, 0.15) is 0 Å². The summed E-state index contributed by atoms with van der Waals surface area (Å²) in [5.74, 6) is 1.39. The van der Waals surface area contributed by atoms with Crippen LogP contribution in [-0.4, -0.2) is 13.9 Å². The van der Waals surface area contributed by atoms with Gasteiger partial charge in [0.05, 0.1) is 17.8 Å². The normalized spacial score (nSPS) is 37.8. The first-order chi connectivity index (χ1) is 12.2. The second kappa shape index (κ2) is 4.57. The fourth-order valence-corrected chi connectivity index (χ4v) is 6.98. The Hall–Kier alpha value is -2.04. The second-order valence-electron chi connectivity index (χ2n) is 8.55. The Balaban J connectivity index is 1.61. The van der Waals surface area contributed by atoms with Crippen molar-refractivity contribution in [3.8, 4) is 5.69 Å². The zero-order valence-electron chi connectivity index (χ0n) is 14.3. The molecule has 3 saturated carbocycles. The van der Waals surface area contributed by atoms with Crippen LogP contribution in [0.3, 0.4) is 0 Å². The van der Waals surface area contributed by atoms with Gasteiger partial charge in [-0.05, 0) is 55.1 Å². The van der Waals surface area contributed by atoms with Crippen LogP contribution in [0.25, 0.3) is 5.69 Å². The van der Waals surface area contributed by atoms with Crippen LogP contribution >= 0.6 is 0 Å². The Labute approximate surface area is 145 Å². The number of hydrogen-bond acceptors (Lipinski definition) is 2. The number of rotatable bonds is 1. The summed E-state index contributed by atoms with van der Waals surface area (Å²) in [6.07, 6.45) is 8.56. The first kappa shape index (κ1) is 14.2. The van der Waals surface area contributed by atoms with E-state index in [0.29, 0.717) is 17.0 Å². The molecule has 5 heteroatoms. The van der Waals surface area contributed by atoms with E-state index in [4.69, 9.17) is 0 Å². The monoisotopic (exact) mass is 337 g/mol. The van der Waals surface area contributed by atoms with Crippen LogP contribution in [0.4, 0.5) is 0 Å². The summed E-state index contributed by atoms with van der Waals surface area (Å²) in [6.45, 7) is 0. The van der Waals surface area contributed by atoms with Crippen molar-refractivity contribution in [2.75, 3.05) is 0 Å². The maximum Gasteiger partial charge on any atom is 0.352 e. The van der Waals surface area contributed by atoms with Crippen LogP contribution in [0.1, 0.15) is 57.0 Å². The minimum Gasteiger partial charge on any atom is -0.245 e. The summed E-state index contributed by atoms with van der Waals surface area (Å²) in [5.41, 5.74) is 0.718. The number of hydrogen-bond donors (Lipinski definition) is 0. The number of para-hydroxylation sites is 1. The van der Waals surface area contributed by atoms with E-state index in [0.717, 1.165) is 18.8 Å². The number of aromatic nitrogens is 3. The van der Waals surface area contributed by atoms with E-state index >= 15 is 0 Å². The lowest BCUT2D eigenvalue weighted by molar-refractivity contribution is -0.181. The molecule has 1 aromatic heterocycles. The molecule has 2 aromatic rings. The standard InChI is InChI=1S/C20H23N3O2/c24-18-21(14-7-2-1-3-8-14)19(25)23-16-10-9-15(22(18)23)17-13-6-4-5-11-20(16,17)12-13/h1-3,7-8,13,15-17H,4-6,9-12H2/t13-,15-,16+,17-,20-/m1/s1. The highest BCUT2D eigenvalue weighted by molar-refractivity contribution is 5.31. The molecular formula is C20H23N3O2. The Morgan fingerprint density at radius 1 is 0.920 bits per heavy atom. The van der Waals surface area contributed by atoms with Crippen LogP contribution < -0.4 is 11.4 Å². The predicted molar refractivity (Wildman–Crippen MR) is 94.1 cm³/mol. The third kappa shape index (κ3) is 1.52. The topological polar surface area (TPSA) is 48.9 Å². The molecule has 4 bridgehead atoms. The van der Waals surface area contributed by atoms with Crippen molar-refractivity contribution in [2.24, 2.45) is 17.3 Å². The predicted octanol–water partition coefficient (Wildman–Crippen LogP) is 2.89. The molecule has 1 aromatic carbocycles. The molecule has 0 radical (unpaired) electrons. The summed E-state index contributed by atoms with van der Waals surface area (Å²) in [7, 11) is 0. The summed E-state index contributed by atoms with van der Waals surface area (Å²) < 4.78 is 5.11. The van der Waals surface area contributed by atoms with E-state index < -0.39 is 0 Å². The van der Waals surface area contributed by atoms with Crippen molar-refractivity contribution in [2.45, 2.75) is 57.0 Å². The molecule has 1 spiro atoms. The van der Waals surface area contributed by atoms with Gasteiger partial charge in [0.25, 0.3) is 0 Å². The minimum absolute atomic E-state index is 0.133. The average molecular weight is 337 g/mol. The highest BCUT2D eigenvalue weighted by atomic mass is 16.2. The van der Waals surface area contributed by atoms with E-state index in [-0.39, 0.29) is 23.5 Å². The average Bonchev–Trinajstić information content (AvgIpc) is 2.81. The molecule has 3 heterocycles. The van der Waals surface area contributed by atoms with Gasteiger partial charge < -0.3 is 0 Å². The van der Waals surface area contributed by atoms with Crippen molar-refractivity contribution in [1.82, 2.24) is 13.9 Å². The quantitative estimate of drug-likeness (QED) is 0.803. The Morgan fingerprint density at radius 3 is 2.56 bits per heavy atom. The zero-order chi connectivity index (χ0) is 16.8. The van der Waals surface area contributed by atoms with Gasteiger partial charge in [-0.3, -0.25) is 0 Å². The molecule has 2 aliphatic heterocycles. The molecule has 3 fully saturated rings. The molecule has 0 N–H and O–H groups in total. The van der Waals surface area contributed by atoms with Crippen LogP contribution in [0.15, 0.2) is 39.9 Å². The highest BCUT2D eigenvalue weighted by Crippen LogP contribution is 2.71. The summed E-state index contributed by atoms with van der Waals surface area (Å²) in [6, 6.07) is 9.85. The van der Waals surface area contributed by atoms with Crippen LogP contribution in [0.5, 0.6) is 0 Å². The third-order valence-electron chi connectivity index (χ3n) is 7.73.